The van der Waals surface area contributed by atoms with Crippen LogP contribution in [0.4, 0.5) is 0 Å². The summed E-state index contributed by atoms with van der Waals surface area (Å²) in [5, 5.41) is 9.64. The Kier molecular flexibility index (Phi) is 6.46. The summed E-state index contributed by atoms with van der Waals surface area (Å²) in [6.07, 6.45) is 2.47. The zero-order valence-corrected chi connectivity index (χ0v) is 11.0. The predicted octanol–water partition coefficient (Wildman–Crippen LogP) is 1.55. The highest BCUT2D eigenvalue weighted by molar-refractivity contribution is 5.81. The highest BCUT2D eigenvalue weighted by atomic mass is 16.5. The van der Waals surface area contributed by atoms with Crippen molar-refractivity contribution in [3.8, 4) is 11.5 Å². The van der Waals surface area contributed by atoms with Crippen molar-refractivity contribution < 1.29 is 24.1 Å². The van der Waals surface area contributed by atoms with Crippen LogP contribution < -0.4 is 9.47 Å². The van der Waals surface area contributed by atoms with Crippen LogP contribution in [-0.4, -0.2) is 38.0 Å². The number of aliphatic hydroxyl groups excluding tert-OH is 1. The van der Waals surface area contributed by atoms with E-state index in [-0.39, 0.29) is 6.61 Å². The summed E-state index contributed by atoms with van der Waals surface area (Å²) in [6.45, 7) is 0.151. The van der Waals surface area contributed by atoms with Gasteiger partial charge in [-0.05, 0) is 30.7 Å². The van der Waals surface area contributed by atoms with Crippen LogP contribution in [-0.2, 0) is 9.53 Å². The average Bonchev–Trinajstić information content (AvgIpc) is 2.45. The lowest BCUT2D eigenvalue weighted by Gasteiger charge is -2.10. The Bertz CT molecular complexity index is 410. The van der Waals surface area contributed by atoms with Crippen molar-refractivity contribution in [2.24, 2.45) is 0 Å². The highest BCUT2D eigenvalue weighted by Crippen LogP contribution is 2.17. The number of esters is 1. The maximum atomic E-state index is 10.8. The van der Waals surface area contributed by atoms with Gasteiger partial charge in [-0.15, -0.1) is 0 Å². The van der Waals surface area contributed by atoms with E-state index in [0.29, 0.717) is 12.2 Å². The van der Waals surface area contributed by atoms with Gasteiger partial charge in [-0.2, -0.15) is 0 Å². The Morgan fingerprint density at radius 1 is 1.26 bits per heavy atom. The summed E-state index contributed by atoms with van der Waals surface area (Å²) in [5.41, 5.74) is 0. The van der Waals surface area contributed by atoms with Gasteiger partial charge in [0.25, 0.3) is 0 Å². The fraction of sp³-hybridized carbons (Fsp3) is 0.357. The number of carbonyl (C=O) groups is 1. The summed E-state index contributed by atoms with van der Waals surface area (Å²) >= 11 is 0. The molecule has 0 saturated heterocycles. The minimum Gasteiger partial charge on any atom is -0.497 e. The molecule has 0 spiro atoms. The van der Waals surface area contributed by atoms with E-state index in [1.165, 1.54) is 13.2 Å². The normalized spacial score (nSPS) is 12.2. The molecule has 0 heterocycles. The number of methoxy groups -OCH3 is 2. The molecular weight excluding hydrogens is 248 g/mol. The summed E-state index contributed by atoms with van der Waals surface area (Å²) in [7, 11) is 2.89. The van der Waals surface area contributed by atoms with Crippen molar-refractivity contribution >= 4 is 5.97 Å². The van der Waals surface area contributed by atoms with E-state index in [1.807, 2.05) is 0 Å². The van der Waals surface area contributed by atoms with Crippen molar-refractivity contribution in [1.29, 1.82) is 0 Å². The van der Waals surface area contributed by atoms with Crippen LogP contribution >= 0.6 is 0 Å². The largest absolute Gasteiger partial charge is 0.497 e. The number of benzene rings is 1. The van der Waals surface area contributed by atoms with Gasteiger partial charge in [0, 0.05) is 6.08 Å². The monoisotopic (exact) mass is 266 g/mol. The number of aliphatic hydroxyl groups is 1. The Hall–Kier alpha value is -2.01. The van der Waals surface area contributed by atoms with Gasteiger partial charge in [-0.1, -0.05) is 6.08 Å². The van der Waals surface area contributed by atoms with Gasteiger partial charge in [0.1, 0.15) is 18.1 Å². The zero-order valence-electron chi connectivity index (χ0n) is 11.0. The van der Waals surface area contributed by atoms with Crippen molar-refractivity contribution in [1.82, 2.24) is 0 Å². The number of ether oxygens (including phenoxy) is 3. The van der Waals surface area contributed by atoms with Gasteiger partial charge >= 0.3 is 5.97 Å². The fourth-order valence-electron chi connectivity index (χ4n) is 1.32. The van der Waals surface area contributed by atoms with E-state index in [0.717, 1.165) is 5.75 Å². The van der Waals surface area contributed by atoms with Crippen molar-refractivity contribution in [2.75, 3.05) is 20.8 Å². The van der Waals surface area contributed by atoms with E-state index in [1.54, 1.807) is 37.5 Å². The minimum atomic E-state index is -0.678. The second kappa shape index (κ2) is 8.16. The molecule has 1 atom stereocenters. The average molecular weight is 266 g/mol. The molecule has 104 valence electrons. The summed E-state index contributed by atoms with van der Waals surface area (Å²) < 4.78 is 14.9. The van der Waals surface area contributed by atoms with Gasteiger partial charge in [0.15, 0.2) is 0 Å². The maximum absolute atomic E-state index is 10.8. The van der Waals surface area contributed by atoms with E-state index >= 15 is 0 Å². The second-order valence-electron chi connectivity index (χ2n) is 3.80. The molecule has 1 aromatic rings. The van der Waals surface area contributed by atoms with Crippen molar-refractivity contribution in [2.45, 2.75) is 12.5 Å². The molecule has 0 fully saturated rings. The van der Waals surface area contributed by atoms with E-state index in [9.17, 15) is 9.90 Å². The lowest BCUT2D eigenvalue weighted by Crippen LogP contribution is -2.16. The first-order chi connectivity index (χ1) is 9.15. The Balaban J connectivity index is 2.31. The number of rotatable bonds is 7. The molecule has 0 bridgehead atoms. The minimum absolute atomic E-state index is 0.151. The highest BCUT2D eigenvalue weighted by Gasteiger charge is 2.04. The molecule has 1 N–H and O–H groups in total. The van der Waals surface area contributed by atoms with Crippen LogP contribution in [0, 0.1) is 0 Å². The molecule has 1 aromatic carbocycles. The van der Waals surface area contributed by atoms with Crippen LogP contribution in [0.5, 0.6) is 11.5 Å². The van der Waals surface area contributed by atoms with Crippen LogP contribution in [0.2, 0.25) is 0 Å². The fourth-order valence-corrected chi connectivity index (χ4v) is 1.32. The lowest BCUT2D eigenvalue weighted by molar-refractivity contribution is -0.134. The summed E-state index contributed by atoms with van der Waals surface area (Å²) in [5.74, 6) is 0.953. The van der Waals surface area contributed by atoms with Crippen LogP contribution in [0.1, 0.15) is 6.42 Å². The summed E-state index contributed by atoms with van der Waals surface area (Å²) in [6, 6.07) is 7.07. The molecule has 5 nitrogen and oxygen atoms in total. The maximum Gasteiger partial charge on any atom is 0.330 e. The molecule has 0 aliphatic heterocycles. The quantitative estimate of drug-likeness (QED) is 0.599. The van der Waals surface area contributed by atoms with Crippen LogP contribution in [0.15, 0.2) is 36.4 Å². The molecule has 5 heteroatoms. The number of hydrogen-bond donors (Lipinski definition) is 1. The molecule has 0 saturated carbocycles. The van der Waals surface area contributed by atoms with Gasteiger partial charge in [0.05, 0.1) is 20.3 Å². The zero-order chi connectivity index (χ0) is 14.1. The SMILES string of the molecule is COC(=O)/C=C/C[C@@H](O)COc1ccc(OC)cc1. The summed E-state index contributed by atoms with van der Waals surface area (Å²) in [4.78, 5) is 10.8. The molecule has 1 rings (SSSR count). The molecule has 0 radical (unpaired) electrons. The van der Waals surface area contributed by atoms with Crippen LogP contribution in [0.3, 0.4) is 0 Å². The Morgan fingerprint density at radius 2 is 1.89 bits per heavy atom. The van der Waals surface area contributed by atoms with Crippen molar-refractivity contribution in [3.05, 3.63) is 36.4 Å². The second-order valence-corrected chi connectivity index (χ2v) is 3.80. The Morgan fingerprint density at radius 3 is 2.47 bits per heavy atom. The third-order valence-electron chi connectivity index (χ3n) is 2.37. The van der Waals surface area contributed by atoms with E-state index in [4.69, 9.17) is 9.47 Å². The molecular formula is C14H18O5. The van der Waals surface area contributed by atoms with E-state index in [2.05, 4.69) is 4.74 Å². The number of hydrogen-bond acceptors (Lipinski definition) is 5. The van der Waals surface area contributed by atoms with Crippen molar-refractivity contribution in [3.63, 3.8) is 0 Å². The standard InChI is InChI=1S/C14H18O5/c1-17-12-6-8-13(9-7-12)19-10-11(15)4-3-5-14(16)18-2/h3,5-9,11,15H,4,10H2,1-2H3/b5-3+/t11-/m1/s1. The first kappa shape index (κ1) is 15.0. The van der Waals surface area contributed by atoms with Crippen LogP contribution in [0.25, 0.3) is 0 Å². The van der Waals surface area contributed by atoms with Gasteiger partial charge in [-0.25, -0.2) is 4.79 Å². The van der Waals surface area contributed by atoms with E-state index < -0.39 is 12.1 Å². The van der Waals surface area contributed by atoms with Gasteiger partial charge < -0.3 is 19.3 Å². The molecule has 0 aromatic heterocycles. The third kappa shape index (κ3) is 5.92. The first-order valence-electron chi connectivity index (χ1n) is 5.85. The predicted molar refractivity (Wildman–Crippen MR) is 70.3 cm³/mol. The smallest absolute Gasteiger partial charge is 0.330 e. The Labute approximate surface area is 112 Å². The molecule has 0 unspecified atom stereocenters. The number of carbonyl (C=O) groups excluding carboxylic acids is 1. The molecule has 0 aliphatic rings. The van der Waals surface area contributed by atoms with Gasteiger partial charge in [0.2, 0.25) is 0 Å². The lowest BCUT2D eigenvalue weighted by atomic mass is 10.2. The molecule has 0 amide bonds. The van der Waals surface area contributed by atoms with Gasteiger partial charge in [-0.3, -0.25) is 0 Å². The molecule has 19 heavy (non-hydrogen) atoms. The third-order valence-corrected chi connectivity index (χ3v) is 2.37. The molecule has 0 aliphatic carbocycles. The first-order valence-corrected chi connectivity index (χ1v) is 5.85. The topological polar surface area (TPSA) is 65.0 Å².